The molecule has 1 fully saturated rings. The Labute approximate surface area is 184 Å². The highest BCUT2D eigenvalue weighted by molar-refractivity contribution is 8.15. The van der Waals surface area contributed by atoms with Crippen molar-refractivity contribution in [1.29, 1.82) is 5.26 Å². The minimum Gasteiger partial charge on any atom is -0.325 e. The minimum absolute atomic E-state index is 0.497. The third kappa shape index (κ3) is 4.52. The van der Waals surface area contributed by atoms with Crippen LogP contribution in [0.1, 0.15) is 50.0 Å². The summed E-state index contributed by atoms with van der Waals surface area (Å²) in [7, 11) is 0. The number of nitrogens with zero attached hydrogens (tertiary/aromatic N) is 5. The summed E-state index contributed by atoms with van der Waals surface area (Å²) in [6.07, 6.45) is 8.46. The van der Waals surface area contributed by atoms with E-state index in [9.17, 15) is 5.26 Å². The van der Waals surface area contributed by atoms with Crippen molar-refractivity contribution in [3.8, 4) is 28.0 Å². The van der Waals surface area contributed by atoms with E-state index in [1.807, 2.05) is 36.3 Å². The number of thioether (sulfide) groups is 2. The van der Waals surface area contributed by atoms with Crippen molar-refractivity contribution >= 4 is 34.9 Å². The molecule has 0 unspecified atom stereocenters. The molecule has 0 atom stereocenters. The molecule has 3 aromatic rings. The van der Waals surface area contributed by atoms with Crippen molar-refractivity contribution in [2.45, 2.75) is 50.6 Å². The van der Waals surface area contributed by atoms with E-state index < -0.39 is 0 Å². The van der Waals surface area contributed by atoms with Crippen LogP contribution in [-0.2, 0) is 0 Å². The summed E-state index contributed by atoms with van der Waals surface area (Å²) < 4.78 is 2.28. The summed E-state index contributed by atoms with van der Waals surface area (Å²) in [4.78, 5) is 13.8. The number of hydrogen-bond donors (Lipinski definition) is 0. The van der Waals surface area contributed by atoms with Crippen LogP contribution in [0.2, 0.25) is 0 Å². The average Bonchev–Trinajstić information content (AvgIpc) is 3.25. The molecule has 0 saturated heterocycles. The summed E-state index contributed by atoms with van der Waals surface area (Å²) in [5.41, 5.74) is 3.41. The van der Waals surface area contributed by atoms with Crippen molar-refractivity contribution < 1.29 is 0 Å². The first-order valence-electron chi connectivity index (χ1n) is 9.82. The Hall–Kier alpha value is -1.82. The molecule has 1 aliphatic rings. The Bertz CT molecular complexity index is 1020. The molecule has 150 valence electrons. The number of thiazole rings is 1. The van der Waals surface area contributed by atoms with Crippen LogP contribution in [-0.4, -0.2) is 30.4 Å². The van der Waals surface area contributed by atoms with E-state index in [-0.39, 0.29) is 0 Å². The lowest BCUT2D eigenvalue weighted by atomic mass is 10.1. The number of hydrogen-bond acceptors (Lipinski definition) is 7. The Morgan fingerprint density at radius 2 is 2.21 bits per heavy atom. The van der Waals surface area contributed by atoms with Crippen molar-refractivity contribution in [3.63, 3.8) is 0 Å². The highest BCUT2D eigenvalue weighted by atomic mass is 32.2. The minimum atomic E-state index is 0.497. The van der Waals surface area contributed by atoms with Gasteiger partial charge in [-0.25, -0.2) is 15.0 Å². The standard InChI is InChI=1S/C21H23N5S3/c1-3-4-8-27-13-29-20-17(11-22)16(10-18(25-20)21-23-7-9-28-21)19-12-24-14(2)26(19)15-5-6-15/h7,9-10,12,15H,3-6,8,13H2,1-2H3. The third-order valence-corrected chi connectivity index (χ3v) is 7.92. The fourth-order valence-electron chi connectivity index (χ4n) is 3.24. The zero-order chi connectivity index (χ0) is 20.2. The molecule has 29 heavy (non-hydrogen) atoms. The highest BCUT2D eigenvalue weighted by Crippen LogP contribution is 2.42. The zero-order valence-electron chi connectivity index (χ0n) is 16.6. The van der Waals surface area contributed by atoms with Crippen LogP contribution in [0, 0.1) is 18.3 Å². The monoisotopic (exact) mass is 441 g/mol. The van der Waals surface area contributed by atoms with Crippen LogP contribution < -0.4 is 0 Å². The van der Waals surface area contributed by atoms with Crippen LogP contribution in [0.15, 0.2) is 28.9 Å². The number of unbranched alkanes of at least 4 members (excludes halogenated alkanes) is 1. The van der Waals surface area contributed by atoms with Gasteiger partial charge < -0.3 is 4.57 Å². The fourth-order valence-corrected chi connectivity index (χ4v) is 6.05. The van der Waals surface area contributed by atoms with Crippen molar-refractivity contribution in [2.75, 3.05) is 10.8 Å². The normalized spacial score (nSPS) is 13.6. The van der Waals surface area contributed by atoms with Crippen LogP contribution in [0.5, 0.6) is 0 Å². The Kier molecular flexibility index (Phi) is 6.58. The summed E-state index contributed by atoms with van der Waals surface area (Å²) in [5, 5.41) is 14.5. The van der Waals surface area contributed by atoms with Crippen LogP contribution in [0.4, 0.5) is 0 Å². The molecule has 0 aromatic carbocycles. The smallest absolute Gasteiger partial charge is 0.141 e. The second kappa shape index (κ2) is 9.33. The Morgan fingerprint density at radius 1 is 1.34 bits per heavy atom. The summed E-state index contributed by atoms with van der Waals surface area (Å²) in [6, 6.07) is 4.94. The molecule has 0 spiro atoms. The number of rotatable bonds is 9. The lowest BCUT2D eigenvalue weighted by Gasteiger charge is -2.14. The van der Waals surface area contributed by atoms with E-state index >= 15 is 0 Å². The Balaban J connectivity index is 1.76. The van der Waals surface area contributed by atoms with E-state index in [1.54, 1.807) is 29.3 Å². The highest BCUT2D eigenvalue weighted by Gasteiger charge is 2.29. The lowest BCUT2D eigenvalue weighted by Crippen LogP contribution is -2.03. The second-order valence-electron chi connectivity index (χ2n) is 7.00. The predicted octanol–water partition coefficient (Wildman–Crippen LogP) is 6.17. The van der Waals surface area contributed by atoms with Gasteiger partial charge in [0.2, 0.25) is 0 Å². The zero-order valence-corrected chi connectivity index (χ0v) is 19.0. The van der Waals surface area contributed by atoms with Gasteiger partial charge in [-0.05, 0) is 38.0 Å². The topological polar surface area (TPSA) is 67.4 Å². The van der Waals surface area contributed by atoms with Gasteiger partial charge in [-0.2, -0.15) is 17.0 Å². The van der Waals surface area contributed by atoms with Gasteiger partial charge in [0, 0.05) is 28.3 Å². The first kappa shape index (κ1) is 20.5. The molecule has 4 rings (SSSR count). The third-order valence-electron chi connectivity index (χ3n) is 4.84. The largest absolute Gasteiger partial charge is 0.325 e. The van der Waals surface area contributed by atoms with Gasteiger partial charge in [0.05, 0.1) is 17.5 Å². The van der Waals surface area contributed by atoms with Crippen molar-refractivity contribution in [1.82, 2.24) is 19.5 Å². The van der Waals surface area contributed by atoms with Crippen LogP contribution in [0.3, 0.4) is 0 Å². The summed E-state index contributed by atoms with van der Waals surface area (Å²) in [5.74, 6) is 2.14. The average molecular weight is 442 g/mol. The molecule has 0 bridgehead atoms. The number of pyridine rings is 1. The second-order valence-corrected chi connectivity index (χ2v) is 10.3. The van der Waals surface area contributed by atoms with Gasteiger partial charge in [-0.15, -0.1) is 11.3 Å². The molecule has 8 heteroatoms. The molecule has 0 radical (unpaired) electrons. The van der Waals surface area contributed by atoms with E-state index in [2.05, 4.69) is 27.5 Å². The van der Waals surface area contributed by atoms with Gasteiger partial charge in [-0.3, -0.25) is 0 Å². The number of imidazole rings is 1. The van der Waals surface area contributed by atoms with E-state index in [0.29, 0.717) is 11.6 Å². The number of nitriles is 1. The summed E-state index contributed by atoms with van der Waals surface area (Å²) >= 11 is 5.13. The van der Waals surface area contributed by atoms with E-state index in [4.69, 9.17) is 4.98 Å². The van der Waals surface area contributed by atoms with Gasteiger partial charge in [0.1, 0.15) is 27.6 Å². The van der Waals surface area contributed by atoms with Gasteiger partial charge in [0.15, 0.2) is 0 Å². The van der Waals surface area contributed by atoms with E-state index in [0.717, 1.165) is 43.6 Å². The Morgan fingerprint density at radius 3 is 2.90 bits per heavy atom. The SMILES string of the molecule is CCCCSCSc1nc(-c2nccs2)cc(-c2cnc(C)n2C2CC2)c1C#N. The number of aromatic nitrogens is 4. The maximum atomic E-state index is 10.0. The fraction of sp³-hybridized carbons (Fsp3) is 0.429. The molecule has 5 nitrogen and oxygen atoms in total. The maximum absolute atomic E-state index is 10.0. The molecule has 1 aliphatic carbocycles. The molecular formula is C21H23N5S3. The predicted molar refractivity (Wildman–Crippen MR) is 122 cm³/mol. The molecule has 0 aliphatic heterocycles. The maximum Gasteiger partial charge on any atom is 0.141 e. The van der Waals surface area contributed by atoms with Crippen LogP contribution >= 0.6 is 34.9 Å². The molecule has 1 saturated carbocycles. The van der Waals surface area contributed by atoms with Gasteiger partial charge >= 0.3 is 0 Å². The molecular weight excluding hydrogens is 418 g/mol. The lowest BCUT2D eigenvalue weighted by molar-refractivity contribution is 0.717. The molecule has 0 N–H and O–H groups in total. The molecule has 3 aromatic heterocycles. The van der Waals surface area contributed by atoms with Crippen LogP contribution in [0.25, 0.3) is 22.0 Å². The first-order chi connectivity index (χ1) is 14.2. The molecule has 3 heterocycles. The first-order valence-corrected chi connectivity index (χ1v) is 12.8. The van der Waals surface area contributed by atoms with E-state index in [1.165, 1.54) is 25.7 Å². The summed E-state index contributed by atoms with van der Waals surface area (Å²) in [6.45, 7) is 4.24. The van der Waals surface area contributed by atoms with Gasteiger partial charge in [-0.1, -0.05) is 25.1 Å². The number of aryl methyl sites for hydroxylation is 1. The van der Waals surface area contributed by atoms with Crippen molar-refractivity contribution in [2.24, 2.45) is 0 Å². The quantitative estimate of drug-likeness (QED) is 0.225. The molecule has 0 amide bonds. The van der Waals surface area contributed by atoms with Crippen molar-refractivity contribution in [3.05, 3.63) is 35.2 Å². The van der Waals surface area contributed by atoms with Gasteiger partial charge in [0.25, 0.3) is 0 Å².